The van der Waals surface area contributed by atoms with Gasteiger partial charge in [-0.05, 0) is 36.0 Å². The zero-order chi connectivity index (χ0) is 21.9. The number of thioether (sulfide) groups is 1. The largest absolute Gasteiger partial charge is 0.465 e. The van der Waals surface area contributed by atoms with E-state index in [1.165, 1.54) is 11.8 Å². The minimum atomic E-state index is -0.471. The molecule has 0 bridgehead atoms. The van der Waals surface area contributed by atoms with Gasteiger partial charge in [-0.2, -0.15) is 5.26 Å². The number of ether oxygens (including phenoxy) is 1. The molecule has 0 unspecified atom stereocenters. The monoisotopic (exact) mass is 444 g/mol. The summed E-state index contributed by atoms with van der Waals surface area (Å²) >= 11 is 7.30. The maximum absolute atomic E-state index is 13.1. The Hall–Kier alpha value is -2.23. The second-order valence-corrected chi connectivity index (χ2v) is 9.73. The second-order valence-electron chi connectivity index (χ2n) is 8.31. The molecular weight excluding hydrogens is 420 g/mol. The van der Waals surface area contributed by atoms with Gasteiger partial charge in [-0.3, -0.25) is 9.59 Å². The summed E-state index contributed by atoms with van der Waals surface area (Å²) in [5.41, 5.74) is 2.58. The molecule has 1 aliphatic heterocycles. The first-order valence-corrected chi connectivity index (χ1v) is 11.3. The lowest BCUT2D eigenvalue weighted by molar-refractivity contribution is -0.140. The van der Waals surface area contributed by atoms with E-state index in [1.54, 1.807) is 12.1 Å². The number of nitriles is 1. The molecule has 2 aliphatic rings. The van der Waals surface area contributed by atoms with Crippen molar-refractivity contribution in [1.29, 1.82) is 5.26 Å². The highest BCUT2D eigenvalue weighted by atomic mass is 35.5. The lowest BCUT2D eigenvalue weighted by Crippen LogP contribution is -2.37. The lowest BCUT2D eigenvalue weighted by Gasteiger charge is -2.39. The molecule has 1 heterocycles. The van der Waals surface area contributed by atoms with E-state index < -0.39 is 5.92 Å². The van der Waals surface area contributed by atoms with Gasteiger partial charge in [-0.1, -0.05) is 56.3 Å². The Morgan fingerprint density at radius 2 is 2.03 bits per heavy atom. The number of hydrogen-bond acceptors (Lipinski definition) is 6. The van der Waals surface area contributed by atoms with Crippen molar-refractivity contribution < 1.29 is 14.3 Å². The maximum atomic E-state index is 13.1. The minimum absolute atomic E-state index is 0.0489. The fraction of sp³-hybridized carbons (Fsp3) is 0.435. The molecule has 5 nitrogen and oxygen atoms in total. The first-order valence-electron chi connectivity index (χ1n) is 9.97. The Labute approximate surface area is 186 Å². The summed E-state index contributed by atoms with van der Waals surface area (Å²) in [6.45, 7) is 6.44. The van der Waals surface area contributed by atoms with Crippen LogP contribution in [0.15, 0.2) is 46.1 Å². The molecule has 1 aromatic carbocycles. The Kier molecular flexibility index (Phi) is 6.95. The summed E-state index contributed by atoms with van der Waals surface area (Å²) in [6, 6.07) is 9.52. The molecule has 0 saturated heterocycles. The van der Waals surface area contributed by atoms with E-state index in [0.717, 1.165) is 17.7 Å². The number of halogens is 1. The average Bonchev–Trinajstić information content (AvgIpc) is 2.69. The predicted octanol–water partition coefficient (Wildman–Crippen LogP) is 5.09. The number of nitrogens with one attached hydrogen (secondary N) is 1. The van der Waals surface area contributed by atoms with Gasteiger partial charge in [0.25, 0.3) is 0 Å². The van der Waals surface area contributed by atoms with Crippen LogP contribution in [0.3, 0.4) is 0 Å². The SMILES string of the molecule is CCCOC(=O)CSC1=C(C#N)[C@@H](c2ccc(Cl)cc2)C2=C(CC(C)(C)CC2=O)N1. The lowest BCUT2D eigenvalue weighted by atomic mass is 9.69. The van der Waals surface area contributed by atoms with Crippen molar-refractivity contribution in [2.45, 2.75) is 46.0 Å². The summed E-state index contributed by atoms with van der Waals surface area (Å²) < 4.78 is 5.16. The van der Waals surface area contributed by atoms with Crippen LogP contribution in [0.2, 0.25) is 5.02 Å². The number of nitrogens with zero attached hydrogens (tertiary/aromatic N) is 1. The quantitative estimate of drug-likeness (QED) is 0.615. The van der Waals surface area contributed by atoms with Gasteiger partial charge in [-0.15, -0.1) is 0 Å². The summed E-state index contributed by atoms with van der Waals surface area (Å²) in [7, 11) is 0. The average molecular weight is 445 g/mol. The minimum Gasteiger partial charge on any atom is -0.465 e. The number of ketones is 1. The molecule has 0 spiro atoms. The molecule has 1 aliphatic carbocycles. The van der Waals surface area contributed by atoms with Crippen LogP contribution in [0.25, 0.3) is 0 Å². The topological polar surface area (TPSA) is 79.2 Å². The molecule has 1 atom stereocenters. The number of allylic oxidation sites excluding steroid dienone is 3. The highest BCUT2D eigenvalue weighted by molar-refractivity contribution is 8.03. The first kappa shape index (κ1) is 22.5. The van der Waals surface area contributed by atoms with Crippen molar-refractivity contribution in [2.75, 3.05) is 12.4 Å². The number of benzene rings is 1. The standard InChI is InChI=1S/C23H25ClN2O3S/c1-4-9-29-19(28)13-30-22-16(12-25)20(14-5-7-15(24)8-6-14)21-17(26-22)10-23(2,3)11-18(21)27/h5-8,20,26H,4,9-11,13H2,1-3H3/t20-/m1/s1. The molecule has 30 heavy (non-hydrogen) atoms. The fourth-order valence-electron chi connectivity index (χ4n) is 3.87. The molecule has 0 radical (unpaired) electrons. The molecule has 3 rings (SSSR count). The fourth-order valence-corrected chi connectivity index (χ4v) is 4.85. The maximum Gasteiger partial charge on any atom is 0.316 e. The van der Waals surface area contributed by atoms with Crippen LogP contribution in [-0.2, 0) is 14.3 Å². The Morgan fingerprint density at radius 1 is 1.33 bits per heavy atom. The van der Waals surface area contributed by atoms with Gasteiger partial charge in [0.2, 0.25) is 0 Å². The molecule has 1 aromatic rings. The van der Waals surface area contributed by atoms with Gasteiger partial charge in [0.05, 0.1) is 34.9 Å². The van der Waals surface area contributed by atoms with Gasteiger partial charge in [-0.25, -0.2) is 0 Å². The van der Waals surface area contributed by atoms with Crippen LogP contribution >= 0.6 is 23.4 Å². The van der Waals surface area contributed by atoms with E-state index >= 15 is 0 Å². The summed E-state index contributed by atoms with van der Waals surface area (Å²) in [6.07, 6.45) is 1.89. The number of Topliss-reactive ketones (excluding diaryl/α,β-unsaturated/α-hetero) is 1. The van der Waals surface area contributed by atoms with Gasteiger partial charge in [0, 0.05) is 22.7 Å². The van der Waals surface area contributed by atoms with Crippen LogP contribution in [-0.4, -0.2) is 24.1 Å². The normalized spacial score (nSPS) is 20.4. The number of dihydropyridines is 1. The summed E-state index contributed by atoms with van der Waals surface area (Å²) in [4.78, 5) is 25.1. The van der Waals surface area contributed by atoms with Crippen LogP contribution in [0.1, 0.15) is 51.5 Å². The highest BCUT2D eigenvalue weighted by Crippen LogP contribution is 2.47. The van der Waals surface area contributed by atoms with Crippen LogP contribution in [0.4, 0.5) is 0 Å². The smallest absolute Gasteiger partial charge is 0.316 e. The number of hydrogen-bond donors (Lipinski definition) is 1. The van der Waals surface area contributed by atoms with Gasteiger partial charge < -0.3 is 10.1 Å². The van der Waals surface area contributed by atoms with Gasteiger partial charge in [0.1, 0.15) is 0 Å². The Balaban J connectivity index is 2.01. The van der Waals surface area contributed by atoms with E-state index in [1.807, 2.05) is 19.1 Å². The predicted molar refractivity (Wildman–Crippen MR) is 119 cm³/mol. The van der Waals surface area contributed by atoms with Crippen molar-refractivity contribution in [3.05, 3.63) is 56.7 Å². The third-order valence-corrected chi connectivity index (χ3v) is 6.37. The van der Waals surface area contributed by atoms with E-state index in [-0.39, 0.29) is 22.9 Å². The van der Waals surface area contributed by atoms with E-state index in [9.17, 15) is 14.9 Å². The number of rotatable bonds is 6. The second kappa shape index (κ2) is 9.28. The van der Waals surface area contributed by atoms with Crippen LogP contribution in [0.5, 0.6) is 0 Å². The molecular formula is C23H25ClN2O3S. The van der Waals surface area contributed by atoms with Crippen molar-refractivity contribution >= 4 is 35.1 Å². The number of carbonyl (C=O) groups is 2. The molecule has 0 aromatic heterocycles. The molecule has 0 amide bonds. The van der Waals surface area contributed by atoms with Crippen molar-refractivity contribution in [3.8, 4) is 6.07 Å². The van der Waals surface area contributed by atoms with Gasteiger partial charge >= 0.3 is 5.97 Å². The third-order valence-electron chi connectivity index (χ3n) is 5.13. The van der Waals surface area contributed by atoms with Crippen LogP contribution < -0.4 is 5.32 Å². The van der Waals surface area contributed by atoms with Crippen molar-refractivity contribution in [1.82, 2.24) is 5.32 Å². The molecule has 0 fully saturated rings. The molecule has 1 N–H and O–H groups in total. The van der Waals surface area contributed by atoms with Crippen molar-refractivity contribution in [3.63, 3.8) is 0 Å². The van der Waals surface area contributed by atoms with E-state index in [2.05, 4.69) is 25.2 Å². The Morgan fingerprint density at radius 3 is 2.67 bits per heavy atom. The first-order chi connectivity index (χ1) is 14.3. The molecule has 158 valence electrons. The van der Waals surface area contributed by atoms with Crippen molar-refractivity contribution in [2.24, 2.45) is 5.41 Å². The molecule has 7 heteroatoms. The number of esters is 1. The number of carbonyl (C=O) groups excluding carboxylic acids is 2. The zero-order valence-corrected chi connectivity index (χ0v) is 19.0. The van der Waals surface area contributed by atoms with Crippen LogP contribution in [0, 0.1) is 16.7 Å². The third kappa shape index (κ3) is 4.91. The highest BCUT2D eigenvalue weighted by Gasteiger charge is 2.41. The Bertz CT molecular complexity index is 958. The van der Waals surface area contributed by atoms with E-state index in [4.69, 9.17) is 16.3 Å². The summed E-state index contributed by atoms with van der Waals surface area (Å²) in [5.74, 6) is -0.647. The van der Waals surface area contributed by atoms with Gasteiger partial charge in [0.15, 0.2) is 5.78 Å². The van der Waals surface area contributed by atoms with E-state index in [0.29, 0.717) is 40.6 Å². The zero-order valence-electron chi connectivity index (χ0n) is 17.4. The summed E-state index contributed by atoms with van der Waals surface area (Å²) in [5, 5.41) is 14.5. The molecule has 0 saturated carbocycles.